The van der Waals surface area contributed by atoms with Crippen LogP contribution in [-0.4, -0.2) is 25.3 Å². The highest BCUT2D eigenvalue weighted by Crippen LogP contribution is 2.32. The molecule has 0 saturated heterocycles. The average Bonchev–Trinajstić information content (AvgIpc) is 2.54. The minimum absolute atomic E-state index is 0.375. The standard InChI is InChI=1S/C13H27NO/c1-5-8-14-13-7-6-12(11(13)4)9-15-10(2)3/h10-14H,5-9H2,1-4H3. The molecule has 0 aromatic heterocycles. The smallest absolute Gasteiger partial charge is 0.0519 e. The summed E-state index contributed by atoms with van der Waals surface area (Å²) >= 11 is 0. The fourth-order valence-corrected chi connectivity index (χ4v) is 2.42. The molecule has 0 aromatic carbocycles. The van der Waals surface area contributed by atoms with Crippen molar-refractivity contribution < 1.29 is 4.74 Å². The van der Waals surface area contributed by atoms with Crippen LogP contribution < -0.4 is 5.32 Å². The molecule has 0 heterocycles. The van der Waals surface area contributed by atoms with Crippen LogP contribution in [0.3, 0.4) is 0 Å². The minimum atomic E-state index is 0.375. The predicted octanol–water partition coefficient (Wildman–Crippen LogP) is 2.83. The maximum atomic E-state index is 5.72. The van der Waals surface area contributed by atoms with Gasteiger partial charge >= 0.3 is 0 Å². The van der Waals surface area contributed by atoms with Gasteiger partial charge in [-0.25, -0.2) is 0 Å². The van der Waals surface area contributed by atoms with Crippen LogP contribution >= 0.6 is 0 Å². The van der Waals surface area contributed by atoms with Crippen molar-refractivity contribution in [3.05, 3.63) is 0 Å². The molecular weight excluding hydrogens is 186 g/mol. The van der Waals surface area contributed by atoms with Crippen molar-refractivity contribution in [3.8, 4) is 0 Å². The third-order valence-electron chi connectivity index (χ3n) is 3.53. The molecule has 3 unspecified atom stereocenters. The van der Waals surface area contributed by atoms with E-state index in [4.69, 9.17) is 4.74 Å². The summed E-state index contributed by atoms with van der Waals surface area (Å²) in [7, 11) is 0. The van der Waals surface area contributed by atoms with Crippen LogP contribution in [0.15, 0.2) is 0 Å². The van der Waals surface area contributed by atoms with Gasteiger partial charge in [-0.05, 0) is 51.5 Å². The summed E-state index contributed by atoms with van der Waals surface area (Å²) in [4.78, 5) is 0. The Morgan fingerprint density at radius 1 is 1.33 bits per heavy atom. The van der Waals surface area contributed by atoms with E-state index in [9.17, 15) is 0 Å². The molecule has 2 nitrogen and oxygen atoms in total. The summed E-state index contributed by atoms with van der Waals surface area (Å²) in [5, 5.41) is 3.64. The molecule has 0 spiro atoms. The Hall–Kier alpha value is -0.0800. The molecule has 1 saturated carbocycles. The van der Waals surface area contributed by atoms with Gasteiger partial charge in [0.25, 0.3) is 0 Å². The van der Waals surface area contributed by atoms with E-state index in [1.807, 2.05) is 0 Å². The van der Waals surface area contributed by atoms with Crippen molar-refractivity contribution in [2.45, 2.75) is 59.1 Å². The molecule has 90 valence electrons. The highest BCUT2D eigenvalue weighted by Gasteiger charge is 2.32. The van der Waals surface area contributed by atoms with Gasteiger partial charge in [0.2, 0.25) is 0 Å². The summed E-state index contributed by atoms with van der Waals surface area (Å²) in [5.74, 6) is 1.54. The van der Waals surface area contributed by atoms with E-state index in [1.54, 1.807) is 0 Å². The lowest BCUT2D eigenvalue weighted by molar-refractivity contribution is 0.0416. The van der Waals surface area contributed by atoms with E-state index in [0.29, 0.717) is 6.10 Å². The van der Waals surface area contributed by atoms with Gasteiger partial charge in [-0.3, -0.25) is 0 Å². The van der Waals surface area contributed by atoms with Crippen LogP contribution in [0.2, 0.25) is 0 Å². The zero-order valence-corrected chi connectivity index (χ0v) is 10.8. The van der Waals surface area contributed by atoms with Crippen molar-refractivity contribution >= 4 is 0 Å². The zero-order valence-electron chi connectivity index (χ0n) is 10.8. The van der Waals surface area contributed by atoms with Crippen LogP contribution in [0, 0.1) is 11.8 Å². The molecular formula is C13H27NO. The SMILES string of the molecule is CCCNC1CCC(COC(C)C)C1C. The fraction of sp³-hybridized carbons (Fsp3) is 1.00. The molecule has 0 bridgehead atoms. The second-order valence-electron chi connectivity index (χ2n) is 5.14. The quantitative estimate of drug-likeness (QED) is 0.732. The summed E-state index contributed by atoms with van der Waals surface area (Å²) in [5.41, 5.74) is 0. The van der Waals surface area contributed by atoms with E-state index >= 15 is 0 Å². The Labute approximate surface area is 94.8 Å². The molecule has 1 N–H and O–H groups in total. The first kappa shape index (κ1) is 13.0. The van der Waals surface area contributed by atoms with Crippen LogP contribution in [0.25, 0.3) is 0 Å². The van der Waals surface area contributed by atoms with Gasteiger partial charge in [0.1, 0.15) is 0 Å². The molecule has 0 radical (unpaired) electrons. The highest BCUT2D eigenvalue weighted by atomic mass is 16.5. The summed E-state index contributed by atoms with van der Waals surface area (Å²) in [6.45, 7) is 10.9. The molecule has 1 fully saturated rings. The van der Waals surface area contributed by atoms with Crippen molar-refractivity contribution in [2.24, 2.45) is 11.8 Å². The molecule has 1 aliphatic rings. The summed E-state index contributed by atoms with van der Waals surface area (Å²) in [6, 6.07) is 0.728. The van der Waals surface area contributed by atoms with E-state index in [2.05, 4.69) is 33.0 Å². The molecule has 1 aliphatic carbocycles. The van der Waals surface area contributed by atoms with E-state index in [0.717, 1.165) is 31.0 Å². The Morgan fingerprint density at radius 3 is 2.67 bits per heavy atom. The van der Waals surface area contributed by atoms with E-state index < -0.39 is 0 Å². The van der Waals surface area contributed by atoms with Gasteiger partial charge in [-0.15, -0.1) is 0 Å². The topological polar surface area (TPSA) is 21.3 Å². The maximum absolute atomic E-state index is 5.72. The van der Waals surface area contributed by atoms with Gasteiger partial charge in [-0.2, -0.15) is 0 Å². The molecule has 0 aromatic rings. The van der Waals surface area contributed by atoms with Gasteiger partial charge in [0.05, 0.1) is 12.7 Å². The van der Waals surface area contributed by atoms with Crippen LogP contribution in [0.4, 0.5) is 0 Å². The van der Waals surface area contributed by atoms with Gasteiger partial charge in [0, 0.05) is 6.04 Å². The second-order valence-corrected chi connectivity index (χ2v) is 5.14. The summed E-state index contributed by atoms with van der Waals surface area (Å²) in [6.07, 6.45) is 4.26. The molecule has 3 atom stereocenters. The highest BCUT2D eigenvalue weighted by molar-refractivity contribution is 4.86. The van der Waals surface area contributed by atoms with Crippen LogP contribution in [0.1, 0.15) is 47.0 Å². The third kappa shape index (κ3) is 4.12. The number of hydrogen-bond acceptors (Lipinski definition) is 2. The Bertz CT molecular complexity index is 170. The van der Waals surface area contributed by atoms with Gasteiger partial charge in [-0.1, -0.05) is 13.8 Å². The predicted molar refractivity (Wildman–Crippen MR) is 65.1 cm³/mol. The number of rotatable bonds is 6. The first-order chi connectivity index (χ1) is 7.15. The monoisotopic (exact) mass is 213 g/mol. The van der Waals surface area contributed by atoms with Crippen molar-refractivity contribution in [1.29, 1.82) is 0 Å². The lowest BCUT2D eigenvalue weighted by Crippen LogP contribution is -2.34. The first-order valence-corrected chi connectivity index (χ1v) is 6.50. The lowest BCUT2D eigenvalue weighted by atomic mass is 9.96. The number of nitrogens with one attached hydrogen (secondary N) is 1. The largest absolute Gasteiger partial charge is 0.378 e. The normalized spacial score (nSPS) is 31.4. The molecule has 15 heavy (non-hydrogen) atoms. The lowest BCUT2D eigenvalue weighted by Gasteiger charge is -2.22. The Morgan fingerprint density at radius 2 is 2.07 bits per heavy atom. The van der Waals surface area contributed by atoms with Crippen LogP contribution in [0.5, 0.6) is 0 Å². The maximum Gasteiger partial charge on any atom is 0.0519 e. The van der Waals surface area contributed by atoms with E-state index in [-0.39, 0.29) is 0 Å². The second kappa shape index (κ2) is 6.49. The number of ether oxygens (including phenoxy) is 1. The van der Waals surface area contributed by atoms with Crippen LogP contribution in [-0.2, 0) is 4.74 Å². The minimum Gasteiger partial charge on any atom is -0.378 e. The van der Waals surface area contributed by atoms with Crippen molar-refractivity contribution in [1.82, 2.24) is 5.32 Å². The third-order valence-corrected chi connectivity index (χ3v) is 3.53. The Balaban J connectivity index is 2.25. The van der Waals surface area contributed by atoms with E-state index in [1.165, 1.54) is 19.3 Å². The van der Waals surface area contributed by atoms with Gasteiger partial charge in [0.15, 0.2) is 0 Å². The van der Waals surface area contributed by atoms with Crippen molar-refractivity contribution in [3.63, 3.8) is 0 Å². The number of hydrogen-bond donors (Lipinski definition) is 1. The average molecular weight is 213 g/mol. The Kier molecular flexibility index (Phi) is 5.62. The molecule has 0 aliphatic heterocycles. The molecule has 1 rings (SSSR count). The fourth-order valence-electron chi connectivity index (χ4n) is 2.42. The molecule has 2 heteroatoms. The zero-order chi connectivity index (χ0) is 11.3. The first-order valence-electron chi connectivity index (χ1n) is 6.50. The summed E-state index contributed by atoms with van der Waals surface area (Å²) < 4.78 is 5.72. The van der Waals surface area contributed by atoms with Crippen molar-refractivity contribution in [2.75, 3.05) is 13.2 Å². The van der Waals surface area contributed by atoms with Gasteiger partial charge < -0.3 is 10.1 Å². The molecule has 0 amide bonds.